The van der Waals surface area contributed by atoms with Crippen LogP contribution in [-0.4, -0.2) is 58.1 Å². The average molecular weight is 739 g/mol. The Labute approximate surface area is 284 Å². The van der Waals surface area contributed by atoms with Crippen molar-refractivity contribution >= 4 is 23.7 Å². The van der Waals surface area contributed by atoms with Crippen molar-refractivity contribution in [2.45, 2.75) is 69.6 Å². The SMILES string of the molecule is CC[C@@H]1C[C@H](Nc2ncc(OCCCO)c(Cc3cc(C(F)(F)F)cc(C(F)(F)F)c3)n2)c2cc(C(F)(F)F)ccc2N1C(=O)OCCC(=O)O. The highest BCUT2D eigenvalue weighted by molar-refractivity contribution is 5.90. The number of nitrogens with zero attached hydrogens (tertiary/aromatic N) is 3. The molecule has 278 valence electrons. The average Bonchev–Trinajstić information content (AvgIpc) is 3.03. The summed E-state index contributed by atoms with van der Waals surface area (Å²) >= 11 is 0. The number of hydrogen-bond acceptors (Lipinski definition) is 8. The summed E-state index contributed by atoms with van der Waals surface area (Å²) in [6.07, 6.45) is -15.8. The molecule has 0 fully saturated rings. The minimum Gasteiger partial charge on any atom is -0.490 e. The van der Waals surface area contributed by atoms with E-state index in [-0.39, 0.29) is 67.2 Å². The zero-order valence-corrected chi connectivity index (χ0v) is 26.6. The molecule has 1 aliphatic heterocycles. The highest BCUT2D eigenvalue weighted by Crippen LogP contribution is 2.43. The van der Waals surface area contributed by atoms with Crippen molar-refractivity contribution in [3.05, 3.63) is 76.1 Å². The maximum atomic E-state index is 13.8. The van der Waals surface area contributed by atoms with Gasteiger partial charge in [-0.3, -0.25) is 9.69 Å². The number of rotatable bonds is 12. The largest absolute Gasteiger partial charge is 0.490 e. The molecule has 1 aliphatic rings. The topological polar surface area (TPSA) is 134 Å². The van der Waals surface area contributed by atoms with Gasteiger partial charge in [-0.1, -0.05) is 6.92 Å². The Morgan fingerprint density at radius 1 is 0.941 bits per heavy atom. The summed E-state index contributed by atoms with van der Waals surface area (Å²) in [5, 5.41) is 20.9. The van der Waals surface area contributed by atoms with Gasteiger partial charge in [-0.2, -0.15) is 39.5 Å². The Balaban J connectivity index is 1.76. The third kappa shape index (κ3) is 9.92. The number of carboxylic acid groups (broad SMARTS) is 1. The number of amides is 1. The number of nitrogens with one attached hydrogen (secondary N) is 1. The molecule has 51 heavy (non-hydrogen) atoms. The standard InChI is InChI=1S/C32H31F9N4O6/c1-2-21-15-23(22-14-18(30(33,34)35)4-5-25(22)45(21)29(49)51-9-6-27(47)48)43-28-42-16-26(50-8-3-7-46)24(44-28)12-17-10-19(31(36,37)38)13-20(11-17)32(39,40)41/h4-5,10-11,13-14,16,21,23,46H,2-3,6-9,12,15H2,1H3,(H,47,48)(H,42,43,44)/t21-,23+/m1/s1. The van der Waals surface area contributed by atoms with Gasteiger partial charge in [0, 0.05) is 25.5 Å². The lowest BCUT2D eigenvalue weighted by Crippen LogP contribution is -2.46. The first-order valence-electron chi connectivity index (χ1n) is 15.3. The molecule has 0 unspecified atom stereocenters. The summed E-state index contributed by atoms with van der Waals surface area (Å²) in [6.45, 7) is 0.759. The van der Waals surface area contributed by atoms with E-state index in [0.717, 1.165) is 29.3 Å². The minimum absolute atomic E-state index is 0.00625. The van der Waals surface area contributed by atoms with E-state index in [4.69, 9.17) is 19.7 Å². The number of alkyl halides is 9. The van der Waals surface area contributed by atoms with Crippen molar-refractivity contribution in [2.75, 3.05) is 30.0 Å². The molecule has 0 aliphatic carbocycles. The number of carbonyl (C=O) groups is 2. The lowest BCUT2D eigenvalue weighted by Gasteiger charge is -2.40. The van der Waals surface area contributed by atoms with E-state index in [2.05, 4.69) is 15.3 Å². The summed E-state index contributed by atoms with van der Waals surface area (Å²) in [4.78, 5) is 33.5. The van der Waals surface area contributed by atoms with Crippen molar-refractivity contribution < 1.29 is 68.8 Å². The van der Waals surface area contributed by atoms with Gasteiger partial charge in [0.05, 0.1) is 53.3 Å². The Morgan fingerprint density at radius 2 is 1.59 bits per heavy atom. The van der Waals surface area contributed by atoms with Crippen LogP contribution in [-0.2, 0) is 34.5 Å². The van der Waals surface area contributed by atoms with Crippen LogP contribution in [0.3, 0.4) is 0 Å². The van der Waals surface area contributed by atoms with Gasteiger partial charge >= 0.3 is 30.6 Å². The number of aliphatic hydroxyl groups is 1. The number of carboxylic acids is 1. The molecule has 2 aromatic carbocycles. The maximum absolute atomic E-state index is 13.8. The Hall–Kier alpha value is -4.81. The van der Waals surface area contributed by atoms with Crippen LogP contribution in [0.4, 0.5) is 55.9 Å². The monoisotopic (exact) mass is 738 g/mol. The molecule has 0 spiro atoms. The van der Waals surface area contributed by atoms with Crippen LogP contribution < -0.4 is 15.0 Å². The molecular weight excluding hydrogens is 707 g/mol. The summed E-state index contributed by atoms with van der Waals surface area (Å²) in [6, 6.07) is 1.91. The van der Waals surface area contributed by atoms with E-state index in [0.29, 0.717) is 12.1 Å². The third-order valence-corrected chi connectivity index (χ3v) is 7.78. The highest BCUT2D eigenvalue weighted by atomic mass is 19.4. The molecule has 0 bridgehead atoms. The second-order valence-electron chi connectivity index (χ2n) is 11.4. The quantitative estimate of drug-likeness (QED) is 0.127. The predicted octanol–water partition coefficient (Wildman–Crippen LogP) is 7.64. The lowest BCUT2D eigenvalue weighted by atomic mass is 9.89. The van der Waals surface area contributed by atoms with Crippen LogP contribution in [0.1, 0.15) is 72.2 Å². The first kappa shape index (κ1) is 39.0. The number of aliphatic carboxylic acids is 1. The van der Waals surface area contributed by atoms with Gasteiger partial charge in [0.15, 0.2) is 5.75 Å². The second-order valence-corrected chi connectivity index (χ2v) is 11.4. The van der Waals surface area contributed by atoms with E-state index in [9.17, 15) is 49.1 Å². The van der Waals surface area contributed by atoms with E-state index < -0.39 is 84.4 Å². The normalized spacial score (nSPS) is 16.4. The summed E-state index contributed by atoms with van der Waals surface area (Å²) < 4.78 is 133. The summed E-state index contributed by atoms with van der Waals surface area (Å²) in [5.74, 6) is -1.65. The zero-order valence-electron chi connectivity index (χ0n) is 26.6. The number of fused-ring (bicyclic) bond motifs is 1. The van der Waals surface area contributed by atoms with Crippen LogP contribution in [0.15, 0.2) is 42.6 Å². The molecule has 3 N–H and O–H groups in total. The Morgan fingerprint density at radius 3 is 2.16 bits per heavy atom. The maximum Gasteiger partial charge on any atom is 0.416 e. The van der Waals surface area contributed by atoms with Crippen LogP contribution in [0.2, 0.25) is 0 Å². The van der Waals surface area contributed by atoms with Gasteiger partial charge in [0.1, 0.15) is 6.61 Å². The third-order valence-electron chi connectivity index (χ3n) is 7.78. The fourth-order valence-corrected chi connectivity index (χ4v) is 5.40. The van der Waals surface area contributed by atoms with Crippen LogP contribution >= 0.6 is 0 Å². The number of benzene rings is 2. The van der Waals surface area contributed by atoms with Crippen molar-refractivity contribution in [1.29, 1.82) is 0 Å². The van der Waals surface area contributed by atoms with Gasteiger partial charge < -0.3 is 25.0 Å². The second kappa shape index (κ2) is 15.6. The van der Waals surface area contributed by atoms with Crippen molar-refractivity contribution in [3.63, 3.8) is 0 Å². The van der Waals surface area contributed by atoms with E-state index in [1.807, 2.05) is 0 Å². The van der Waals surface area contributed by atoms with Gasteiger partial charge in [-0.25, -0.2) is 14.8 Å². The first-order valence-corrected chi connectivity index (χ1v) is 15.3. The first-order chi connectivity index (χ1) is 23.8. The number of aliphatic hydroxyl groups excluding tert-OH is 1. The number of carbonyl (C=O) groups excluding carboxylic acids is 1. The molecule has 2 atom stereocenters. The fraction of sp³-hybridized carbons (Fsp3) is 0.438. The number of anilines is 2. The Bertz CT molecular complexity index is 1680. The zero-order chi connectivity index (χ0) is 37.7. The van der Waals surface area contributed by atoms with Gasteiger partial charge in [-0.05, 0) is 60.4 Å². The van der Waals surface area contributed by atoms with Crippen molar-refractivity contribution in [2.24, 2.45) is 0 Å². The molecule has 1 aromatic heterocycles. The van der Waals surface area contributed by atoms with Crippen LogP contribution in [0.5, 0.6) is 5.75 Å². The number of ether oxygens (including phenoxy) is 2. The number of halogens is 9. The van der Waals surface area contributed by atoms with Gasteiger partial charge in [0.25, 0.3) is 0 Å². The van der Waals surface area contributed by atoms with E-state index in [1.54, 1.807) is 6.92 Å². The molecule has 1 amide bonds. The molecule has 0 saturated carbocycles. The summed E-state index contributed by atoms with van der Waals surface area (Å²) in [7, 11) is 0. The molecule has 10 nitrogen and oxygen atoms in total. The molecular formula is C32H31F9N4O6. The van der Waals surface area contributed by atoms with E-state index >= 15 is 0 Å². The predicted molar refractivity (Wildman–Crippen MR) is 161 cm³/mol. The smallest absolute Gasteiger partial charge is 0.416 e. The molecule has 19 heteroatoms. The lowest BCUT2D eigenvalue weighted by molar-refractivity contribution is -0.143. The minimum atomic E-state index is -5.12. The van der Waals surface area contributed by atoms with Crippen molar-refractivity contribution in [3.8, 4) is 5.75 Å². The molecule has 0 saturated heterocycles. The van der Waals surface area contributed by atoms with E-state index in [1.165, 1.54) is 0 Å². The summed E-state index contributed by atoms with van der Waals surface area (Å²) in [5.41, 5.74) is -4.83. The van der Waals surface area contributed by atoms with Gasteiger partial charge in [-0.15, -0.1) is 0 Å². The molecule has 0 radical (unpaired) electrons. The number of hydrogen-bond donors (Lipinski definition) is 3. The van der Waals surface area contributed by atoms with Crippen LogP contribution in [0.25, 0.3) is 0 Å². The molecule has 4 rings (SSSR count). The van der Waals surface area contributed by atoms with Gasteiger partial charge in [0.2, 0.25) is 5.95 Å². The number of aromatic nitrogens is 2. The van der Waals surface area contributed by atoms with Crippen molar-refractivity contribution in [1.82, 2.24) is 9.97 Å². The molecule has 3 aromatic rings. The fourth-order valence-electron chi connectivity index (χ4n) is 5.40. The molecule has 2 heterocycles. The highest BCUT2D eigenvalue weighted by Gasteiger charge is 2.40. The van der Waals surface area contributed by atoms with Crippen LogP contribution in [0, 0.1) is 0 Å². The Kier molecular flexibility index (Phi) is 11.9.